The minimum Gasteiger partial charge on any atom is -0.482 e. The minimum atomic E-state index is -0.119. The summed E-state index contributed by atoms with van der Waals surface area (Å²) in [5.41, 5.74) is 2.95. The third-order valence-corrected chi connectivity index (χ3v) is 3.46. The molecule has 4 nitrogen and oxygen atoms in total. The van der Waals surface area contributed by atoms with Gasteiger partial charge < -0.3 is 15.4 Å². The first-order chi connectivity index (χ1) is 10.2. The fraction of sp³-hybridized carbons (Fsp3) is 0.188. The molecule has 3 rings (SSSR count). The Morgan fingerprint density at radius 2 is 1.95 bits per heavy atom. The molecule has 0 saturated heterocycles. The number of hydrogen-bond donors (Lipinski definition) is 2. The maximum absolute atomic E-state index is 11.3. The molecule has 0 aromatic heterocycles. The molecule has 0 spiro atoms. The minimum absolute atomic E-state index is 0.0827. The largest absolute Gasteiger partial charge is 0.482 e. The smallest absolute Gasteiger partial charge is 0.262 e. The molecule has 1 aliphatic heterocycles. The summed E-state index contributed by atoms with van der Waals surface area (Å²) >= 11 is 5.95. The lowest BCUT2D eigenvalue weighted by atomic mass is 10.1. The number of hydrogen-bond acceptors (Lipinski definition) is 3. The standard InChI is InChI=1S/C16H15ClN2O2/c17-13-3-1-2-11(6-13)8-18-9-12-4-5-15-14(7-12)19-16(20)10-21-15/h1-7,18H,8-10H2,(H,19,20). The molecule has 0 aliphatic carbocycles. The first-order valence-electron chi connectivity index (χ1n) is 6.71. The van der Waals surface area contributed by atoms with Gasteiger partial charge in [0, 0.05) is 18.1 Å². The molecule has 2 aromatic carbocycles. The second kappa shape index (κ2) is 6.16. The van der Waals surface area contributed by atoms with Crippen molar-refractivity contribution in [3.8, 4) is 5.75 Å². The van der Waals surface area contributed by atoms with Gasteiger partial charge in [0.15, 0.2) is 6.61 Å². The third kappa shape index (κ3) is 3.54. The van der Waals surface area contributed by atoms with Gasteiger partial charge in [-0.25, -0.2) is 0 Å². The number of anilines is 1. The van der Waals surface area contributed by atoms with Gasteiger partial charge >= 0.3 is 0 Å². The molecule has 2 aromatic rings. The summed E-state index contributed by atoms with van der Waals surface area (Å²) in [5, 5.41) is 6.90. The molecule has 0 fully saturated rings. The molecule has 1 heterocycles. The third-order valence-electron chi connectivity index (χ3n) is 3.22. The molecule has 0 atom stereocenters. The van der Waals surface area contributed by atoms with E-state index in [1.165, 1.54) is 0 Å². The van der Waals surface area contributed by atoms with Crippen LogP contribution in [0.15, 0.2) is 42.5 Å². The Labute approximate surface area is 128 Å². The molecule has 0 radical (unpaired) electrons. The number of carbonyl (C=O) groups excluding carboxylic acids is 1. The van der Waals surface area contributed by atoms with E-state index >= 15 is 0 Å². The van der Waals surface area contributed by atoms with Crippen LogP contribution in [0.4, 0.5) is 5.69 Å². The van der Waals surface area contributed by atoms with Gasteiger partial charge in [-0.2, -0.15) is 0 Å². The summed E-state index contributed by atoms with van der Waals surface area (Å²) in [5.74, 6) is 0.597. The van der Waals surface area contributed by atoms with Gasteiger partial charge in [0.05, 0.1) is 5.69 Å². The Bertz CT molecular complexity index is 673. The van der Waals surface area contributed by atoms with Crippen LogP contribution in [0.3, 0.4) is 0 Å². The average Bonchev–Trinajstić information content (AvgIpc) is 2.47. The quantitative estimate of drug-likeness (QED) is 0.913. The first-order valence-corrected chi connectivity index (χ1v) is 7.09. The van der Waals surface area contributed by atoms with Crippen LogP contribution in [0.1, 0.15) is 11.1 Å². The Hall–Kier alpha value is -2.04. The van der Waals surface area contributed by atoms with Crippen molar-refractivity contribution in [2.24, 2.45) is 0 Å². The molecular formula is C16H15ClN2O2. The highest BCUT2D eigenvalue weighted by atomic mass is 35.5. The average molecular weight is 303 g/mol. The van der Waals surface area contributed by atoms with Gasteiger partial charge in [-0.1, -0.05) is 29.8 Å². The van der Waals surface area contributed by atoms with E-state index in [0.717, 1.165) is 28.4 Å². The van der Waals surface area contributed by atoms with Crippen LogP contribution in [0.2, 0.25) is 5.02 Å². The predicted octanol–water partition coefficient (Wildman–Crippen LogP) is 2.96. The van der Waals surface area contributed by atoms with E-state index in [2.05, 4.69) is 10.6 Å². The number of benzene rings is 2. The summed E-state index contributed by atoms with van der Waals surface area (Å²) in [6.45, 7) is 1.52. The summed E-state index contributed by atoms with van der Waals surface area (Å²) in [6.07, 6.45) is 0. The predicted molar refractivity (Wildman–Crippen MR) is 82.6 cm³/mol. The van der Waals surface area contributed by atoms with Crippen LogP contribution in [-0.2, 0) is 17.9 Å². The van der Waals surface area contributed by atoms with Crippen molar-refractivity contribution < 1.29 is 9.53 Å². The van der Waals surface area contributed by atoms with Gasteiger partial charge in [0.2, 0.25) is 0 Å². The second-order valence-electron chi connectivity index (χ2n) is 4.90. The monoisotopic (exact) mass is 302 g/mol. The second-order valence-corrected chi connectivity index (χ2v) is 5.34. The van der Waals surface area contributed by atoms with E-state index in [0.29, 0.717) is 12.3 Å². The SMILES string of the molecule is O=C1COc2ccc(CNCc3cccc(Cl)c3)cc2N1. The highest BCUT2D eigenvalue weighted by Crippen LogP contribution is 2.28. The molecule has 0 saturated carbocycles. The highest BCUT2D eigenvalue weighted by Gasteiger charge is 2.15. The van der Waals surface area contributed by atoms with Crippen LogP contribution in [0.5, 0.6) is 5.75 Å². The Kier molecular flexibility index (Phi) is 4.08. The zero-order chi connectivity index (χ0) is 14.7. The summed E-state index contributed by atoms with van der Waals surface area (Å²) < 4.78 is 5.33. The molecule has 1 aliphatic rings. The van der Waals surface area contributed by atoms with E-state index in [9.17, 15) is 4.79 Å². The van der Waals surface area contributed by atoms with Crippen molar-refractivity contribution >= 4 is 23.2 Å². The molecular weight excluding hydrogens is 288 g/mol. The van der Waals surface area contributed by atoms with E-state index in [4.69, 9.17) is 16.3 Å². The Balaban J connectivity index is 1.61. The van der Waals surface area contributed by atoms with E-state index in [1.807, 2.05) is 42.5 Å². The van der Waals surface area contributed by atoms with Gasteiger partial charge in [0.1, 0.15) is 5.75 Å². The van der Waals surface area contributed by atoms with Crippen molar-refractivity contribution in [1.29, 1.82) is 0 Å². The van der Waals surface area contributed by atoms with Crippen molar-refractivity contribution in [3.05, 3.63) is 58.6 Å². The fourth-order valence-electron chi connectivity index (χ4n) is 2.24. The Morgan fingerprint density at radius 3 is 2.76 bits per heavy atom. The number of amides is 1. The van der Waals surface area contributed by atoms with Crippen molar-refractivity contribution in [2.45, 2.75) is 13.1 Å². The zero-order valence-electron chi connectivity index (χ0n) is 11.4. The highest BCUT2D eigenvalue weighted by molar-refractivity contribution is 6.30. The topological polar surface area (TPSA) is 50.4 Å². The van der Waals surface area contributed by atoms with Crippen LogP contribution >= 0.6 is 11.6 Å². The lowest BCUT2D eigenvalue weighted by molar-refractivity contribution is -0.118. The first kappa shape index (κ1) is 13.9. The number of nitrogens with one attached hydrogen (secondary N) is 2. The van der Waals surface area contributed by atoms with Gasteiger partial charge in [0.25, 0.3) is 5.91 Å². The number of fused-ring (bicyclic) bond motifs is 1. The normalized spacial score (nSPS) is 13.3. The van der Waals surface area contributed by atoms with Crippen LogP contribution in [0, 0.1) is 0 Å². The lowest BCUT2D eigenvalue weighted by Crippen LogP contribution is -2.25. The fourth-order valence-corrected chi connectivity index (χ4v) is 2.45. The molecule has 2 N–H and O–H groups in total. The van der Waals surface area contributed by atoms with Gasteiger partial charge in [-0.3, -0.25) is 4.79 Å². The van der Waals surface area contributed by atoms with Crippen molar-refractivity contribution in [2.75, 3.05) is 11.9 Å². The van der Waals surface area contributed by atoms with Gasteiger partial charge in [-0.15, -0.1) is 0 Å². The maximum atomic E-state index is 11.3. The lowest BCUT2D eigenvalue weighted by Gasteiger charge is -2.18. The molecule has 21 heavy (non-hydrogen) atoms. The number of rotatable bonds is 4. The van der Waals surface area contributed by atoms with Crippen LogP contribution in [-0.4, -0.2) is 12.5 Å². The van der Waals surface area contributed by atoms with Crippen molar-refractivity contribution in [1.82, 2.24) is 5.32 Å². The van der Waals surface area contributed by atoms with E-state index < -0.39 is 0 Å². The van der Waals surface area contributed by atoms with Gasteiger partial charge in [-0.05, 0) is 35.4 Å². The summed E-state index contributed by atoms with van der Waals surface area (Å²) in [7, 11) is 0. The summed E-state index contributed by atoms with van der Waals surface area (Å²) in [4.78, 5) is 11.3. The van der Waals surface area contributed by atoms with E-state index in [-0.39, 0.29) is 12.5 Å². The van der Waals surface area contributed by atoms with Crippen molar-refractivity contribution in [3.63, 3.8) is 0 Å². The van der Waals surface area contributed by atoms with E-state index in [1.54, 1.807) is 0 Å². The molecule has 0 unspecified atom stereocenters. The number of ether oxygens (including phenoxy) is 1. The molecule has 0 bridgehead atoms. The zero-order valence-corrected chi connectivity index (χ0v) is 12.1. The number of carbonyl (C=O) groups is 1. The van der Waals surface area contributed by atoms with Crippen LogP contribution < -0.4 is 15.4 Å². The molecule has 5 heteroatoms. The number of halogens is 1. The molecule has 1 amide bonds. The Morgan fingerprint density at radius 1 is 1.14 bits per heavy atom. The van der Waals surface area contributed by atoms with Crippen LogP contribution in [0.25, 0.3) is 0 Å². The summed E-state index contributed by atoms with van der Waals surface area (Å²) in [6, 6.07) is 13.6. The maximum Gasteiger partial charge on any atom is 0.262 e. The molecule has 108 valence electrons.